The van der Waals surface area contributed by atoms with Gasteiger partial charge in [0.15, 0.2) is 9.04 Å². The molecule has 0 radical (unpaired) electrons. The number of benzene rings is 1. The molecule has 0 amide bonds. The molecule has 0 spiro atoms. The molecule has 0 N–H and O–H groups in total. The van der Waals surface area contributed by atoms with Crippen LogP contribution in [0.4, 0.5) is 0 Å². The third-order valence-corrected chi connectivity index (χ3v) is 7.67. The maximum absolute atomic E-state index is 6.38. The largest absolute Gasteiger partial charge is 0.413 e. The van der Waals surface area contributed by atoms with Gasteiger partial charge in [-0.2, -0.15) is 0 Å². The molecule has 1 aromatic rings. The molecule has 1 aliphatic rings. The van der Waals surface area contributed by atoms with E-state index in [9.17, 15) is 0 Å². The first kappa shape index (κ1) is 13.3. The molecule has 1 aliphatic carbocycles. The monoisotopic (exact) mass is 312 g/mol. The first-order valence-corrected chi connectivity index (χ1v) is 9.32. The van der Waals surface area contributed by atoms with Gasteiger partial charge >= 0.3 is 0 Å². The van der Waals surface area contributed by atoms with E-state index in [0.29, 0.717) is 11.1 Å². The second-order valence-electron chi connectivity index (χ2n) is 5.98. The van der Waals surface area contributed by atoms with Crippen LogP contribution in [0.5, 0.6) is 0 Å². The van der Waals surface area contributed by atoms with Crippen molar-refractivity contribution in [2.45, 2.75) is 51.3 Å². The minimum atomic E-state index is -1.13. The molecule has 1 aromatic carbocycles. The van der Waals surface area contributed by atoms with Gasteiger partial charge in [-0.3, -0.25) is 0 Å². The number of rotatable bonds is 2. The van der Waals surface area contributed by atoms with Crippen molar-refractivity contribution >= 4 is 25.0 Å². The second-order valence-corrected chi connectivity index (χ2v) is 10.1. The molecule has 1 unspecified atom stereocenters. The van der Waals surface area contributed by atoms with E-state index in [1.165, 1.54) is 15.6 Å². The van der Waals surface area contributed by atoms with Gasteiger partial charge in [-0.05, 0) is 41.6 Å². The van der Waals surface area contributed by atoms with Crippen LogP contribution < -0.4 is 0 Å². The summed E-state index contributed by atoms with van der Waals surface area (Å²) in [6.07, 6.45) is 2.63. The Morgan fingerprint density at radius 3 is 2.71 bits per heavy atom. The highest BCUT2D eigenvalue weighted by molar-refractivity contribution is 9.10. The van der Waals surface area contributed by atoms with Crippen molar-refractivity contribution in [2.24, 2.45) is 0 Å². The van der Waals surface area contributed by atoms with Crippen molar-refractivity contribution in [3.05, 3.63) is 33.8 Å². The molecule has 0 aromatic heterocycles. The zero-order valence-electron chi connectivity index (χ0n) is 11.1. The van der Waals surface area contributed by atoms with Crippen LogP contribution in [-0.4, -0.2) is 9.04 Å². The summed E-state index contributed by atoms with van der Waals surface area (Å²) in [5.74, 6) is 0. The molecule has 94 valence electrons. The Morgan fingerprint density at radius 1 is 1.35 bits per heavy atom. The minimum absolute atomic E-state index is 0.336. The maximum Gasteiger partial charge on any atom is 0.180 e. The van der Waals surface area contributed by atoms with Gasteiger partial charge in [0.1, 0.15) is 0 Å². The van der Waals surface area contributed by atoms with Gasteiger partial charge in [0.25, 0.3) is 0 Å². The molecule has 3 heteroatoms. The lowest BCUT2D eigenvalue weighted by Gasteiger charge is -2.29. The van der Waals surface area contributed by atoms with Crippen LogP contribution in [0.25, 0.3) is 0 Å². The average Bonchev–Trinajstić information content (AvgIpc) is 2.62. The number of hydrogen-bond acceptors (Lipinski definition) is 1. The zero-order chi connectivity index (χ0) is 12.6. The van der Waals surface area contributed by atoms with E-state index in [4.69, 9.17) is 4.43 Å². The Hall–Kier alpha value is -0.123. The summed E-state index contributed by atoms with van der Waals surface area (Å²) in [6.45, 7) is 9.19. The molecular formula is C14H21BrOSi. The summed E-state index contributed by atoms with van der Waals surface area (Å²) in [5, 5.41) is 0.342. The summed E-state index contributed by atoms with van der Waals surface area (Å²) >= 11 is 3.64. The molecule has 0 aliphatic heterocycles. The fraction of sp³-hybridized carbons (Fsp3) is 0.571. The smallest absolute Gasteiger partial charge is 0.180 e. The van der Waals surface area contributed by atoms with Crippen molar-refractivity contribution in [3.8, 4) is 0 Å². The molecule has 0 heterocycles. The Labute approximate surface area is 114 Å². The molecule has 17 heavy (non-hydrogen) atoms. The van der Waals surface area contributed by atoms with E-state index >= 15 is 0 Å². The standard InChI is InChI=1S/C14H21BrOSi/c1-14(2,3)17(4)16-13-9-8-10-11(13)6-5-7-12(10)15/h5-7,13,17H,8-9H2,1-4H3/t13-,17?/m0/s1. The van der Waals surface area contributed by atoms with Gasteiger partial charge in [-0.15, -0.1) is 0 Å². The molecule has 0 saturated heterocycles. The molecule has 2 atom stereocenters. The summed E-state index contributed by atoms with van der Waals surface area (Å²) < 4.78 is 7.62. The normalized spacial score (nSPS) is 21.4. The Morgan fingerprint density at radius 2 is 2.06 bits per heavy atom. The van der Waals surface area contributed by atoms with Crippen molar-refractivity contribution in [1.29, 1.82) is 0 Å². The van der Waals surface area contributed by atoms with Crippen LogP contribution in [0, 0.1) is 0 Å². The molecule has 2 rings (SSSR count). The second kappa shape index (κ2) is 4.86. The van der Waals surface area contributed by atoms with E-state index in [0.717, 1.165) is 12.8 Å². The van der Waals surface area contributed by atoms with E-state index in [1.54, 1.807) is 0 Å². The van der Waals surface area contributed by atoms with Crippen LogP contribution in [0.3, 0.4) is 0 Å². The Bertz CT molecular complexity index is 411. The van der Waals surface area contributed by atoms with Crippen molar-refractivity contribution in [1.82, 2.24) is 0 Å². The minimum Gasteiger partial charge on any atom is -0.413 e. The SMILES string of the molecule is C[SiH](O[C@H]1CCc2c(Br)cccc21)C(C)(C)C. The summed E-state index contributed by atoms with van der Waals surface area (Å²) in [7, 11) is -1.13. The van der Waals surface area contributed by atoms with E-state index in [1.807, 2.05) is 0 Å². The van der Waals surface area contributed by atoms with Crippen LogP contribution >= 0.6 is 15.9 Å². The lowest BCUT2D eigenvalue weighted by atomic mass is 10.1. The summed E-state index contributed by atoms with van der Waals surface area (Å²) in [6, 6.07) is 6.47. The number of hydrogen-bond donors (Lipinski definition) is 0. The topological polar surface area (TPSA) is 9.23 Å². The van der Waals surface area contributed by atoms with Gasteiger partial charge < -0.3 is 4.43 Å². The third-order valence-electron chi connectivity index (χ3n) is 3.75. The highest BCUT2D eigenvalue weighted by Crippen LogP contribution is 2.40. The van der Waals surface area contributed by atoms with Gasteiger partial charge in [0, 0.05) is 4.47 Å². The molecule has 0 bridgehead atoms. The predicted octanol–water partition coefficient (Wildman–Crippen LogP) is 4.61. The summed E-state index contributed by atoms with van der Waals surface area (Å²) in [4.78, 5) is 0. The number of halogens is 1. The molecule has 0 fully saturated rings. The summed E-state index contributed by atoms with van der Waals surface area (Å²) in [5.41, 5.74) is 2.86. The quantitative estimate of drug-likeness (QED) is 0.725. The van der Waals surface area contributed by atoms with E-state index < -0.39 is 9.04 Å². The molecular weight excluding hydrogens is 292 g/mol. The van der Waals surface area contributed by atoms with Crippen molar-refractivity contribution in [2.75, 3.05) is 0 Å². The van der Waals surface area contributed by atoms with Crippen LogP contribution in [0.1, 0.15) is 44.4 Å². The molecule has 0 saturated carbocycles. The Balaban J connectivity index is 2.15. The maximum atomic E-state index is 6.38. The highest BCUT2D eigenvalue weighted by Gasteiger charge is 2.30. The van der Waals surface area contributed by atoms with Gasteiger partial charge in [-0.1, -0.05) is 48.8 Å². The van der Waals surface area contributed by atoms with Gasteiger partial charge in [0.05, 0.1) is 6.10 Å². The first-order chi connectivity index (χ1) is 7.89. The van der Waals surface area contributed by atoms with Crippen molar-refractivity contribution in [3.63, 3.8) is 0 Å². The first-order valence-electron chi connectivity index (χ1n) is 6.32. The van der Waals surface area contributed by atoms with Gasteiger partial charge in [-0.25, -0.2) is 0 Å². The fourth-order valence-electron chi connectivity index (χ4n) is 2.16. The van der Waals surface area contributed by atoms with Crippen molar-refractivity contribution < 1.29 is 4.43 Å². The number of fused-ring (bicyclic) bond motifs is 1. The lowest BCUT2D eigenvalue weighted by molar-refractivity contribution is 0.198. The fourth-order valence-corrected chi connectivity index (χ4v) is 3.93. The predicted molar refractivity (Wildman–Crippen MR) is 79.0 cm³/mol. The van der Waals surface area contributed by atoms with Crippen LogP contribution in [-0.2, 0) is 10.8 Å². The molecule has 1 nitrogen and oxygen atoms in total. The average molecular weight is 313 g/mol. The van der Waals surface area contributed by atoms with Crippen LogP contribution in [0.15, 0.2) is 22.7 Å². The highest BCUT2D eigenvalue weighted by atomic mass is 79.9. The van der Waals surface area contributed by atoms with Crippen LogP contribution in [0.2, 0.25) is 11.6 Å². The Kier molecular flexibility index (Phi) is 3.81. The zero-order valence-corrected chi connectivity index (χ0v) is 13.8. The van der Waals surface area contributed by atoms with E-state index in [2.05, 4.69) is 61.4 Å². The third kappa shape index (κ3) is 2.83. The van der Waals surface area contributed by atoms with E-state index in [-0.39, 0.29) is 0 Å². The lowest BCUT2D eigenvalue weighted by Crippen LogP contribution is -2.27. The van der Waals surface area contributed by atoms with Gasteiger partial charge in [0.2, 0.25) is 0 Å².